The maximum absolute atomic E-state index is 13.5. The van der Waals surface area contributed by atoms with Crippen LogP contribution in [0.15, 0.2) is 6.07 Å². The zero-order chi connectivity index (χ0) is 14.3. The minimum absolute atomic E-state index is 0.186. The van der Waals surface area contributed by atoms with Crippen LogP contribution in [-0.4, -0.2) is 16.1 Å². The first-order valence-corrected chi connectivity index (χ1v) is 4.92. The number of carbonyl (C=O) groups is 1. The average Bonchev–Trinajstić information content (AvgIpc) is 2.75. The summed E-state index contributed by atoms with van der Waals surface area (Å²) in [6, 6.07) is 1.14. The summed E-state index contributed by atoms with van der Waals surface area (Å²) in [7, 11) is 0. The smallest absolute Gasteiger partial charge is 0.200 e. The molecule has 1 aromatic heterocycles. The second-order valence-electron chi connectivity index (χ2n) is 3.66. The standard InChI is InChI=1S/C11H5F5N2O/c1-4-2-5(3-19)18(17-4)11-9(15)7(13)6(12)8(14)10(11)16/h2-3H,1H3. The Morgan fingerprint density at radius 2 is 1.47 bits per heavy atom. The third-order valence-electron chi connectivity index (χ3n) is 2.38. The van der Waals surface area contributed by atoms with Gasteiger partial charge in [-0.2, -0.15) is 5.10 Å². The van der Waals surface area contributed by atoms with Crippen molar-refractivity contribution >= 4 is 6.29 Å². The van der Waals surface area contributed by atoms with Gasteiger partial charge in [0.05, 0.1) is 5.69 Å². The highest BCUT2D eigenvalue weighted by molar-refractivity contribution is 5.73. The van der Waals surface area contributed by atoms with E-state index in [1.807, 2.05) is 0 Å². The molecule has 1 aromatic carbocycles. The first kappa shape index (κ1) is 13.2. The van der Waals surface area contributed by atoms with Gasteiger partial charge in [0.2, 0.25) is 5.82 Å². The molecule has 0 aliphatic rings. The van der Waals surface area contributed by atoms with Crippen LogP contribution < -0.4 is 0 Å². The molecule has 0 fully saturated rings. The first-order chi connectivity index (χ1) is 8.88. The lowest BCUT2D eigenvalue weighted by atomic mass is 10.2. The molecule has 100 valence electrons. The van der Waals surface area contributed by atoms with Crippen LogP contribution in [0.4, 0.5) is 22.0 Å². The Balaban J connectivity index is 2.86. The zero-order valence-corrected chi connectivity index (χ0v) is 9.35. The van der Waals surface area contributed by atoms with Crippen molar-refractivity contribution in [2.45, 2.75) is 6.92 Å². The number of hydrogen-bond acceptors (Lipinski definition) is 2. The summed E-state index contributed by atoms with van der Waals surface area (Å²) in [5.74, 6) is -10.6. The van der Waals surface area contributed by atoms with E-state index in [1.54, 1.807) is 0 Å². The van der Waals surface area contributed by atoms with Crippen LogP contribution in [-0.2, 0) is 0 Å². The average molecular weight is 276 g/mol. The Morgan fingerprint density at radius 1 is 1.00 bits per heavy atom. The highest BCUT2D eigenvalue weighted by atomic mass is 19.2. The molecule has 8 heteroatoms. The molecule has 0 aliphatic heterocycles. The van der Waals surface area contributed by atoms with Crippen LogP contribution in [0.5, 0.6) is 0 Å². The molecule has 0 saturated carbocycles. The lowest BCUT2D eigenvalue weighted by molar-refractivity contribution is 0.111. The first-order valence-electron chi connectivity index (χ1n) is 4.92. The van der Waals surface area contributed by atoms with Gasteiger partial charge in [-0.25, -0.2) is 26.6 Å². The summed E-state index contributed by atoms with van der Waals surface area (Å²) in [5, 5.41) is 3.53. The topological polar surface area (TPSA) is 34.9 Å². The minimum atomic E-state index is -2.27. The van der Waals surface area contributed by atoms with Gasteiger partial charge in [-0.1, -0.05) is 0 Å². The molecule has 2 rings (SSSR count). The molecule has 0 atom stereocenters. The predicted molar refractivity (Wildman–Crippen MR) is 53.5 cm³/mol. The van der Waals surface area contributed by atoms with E-state index < -0.39 is 34.8 Å². The summed E-state index contributed by atoms with van der Waals surface area (Å²) in [5.41, 5.74) is -1.43. The van der Waals surface area contributed by atoms with Crippen LogP contribution >= 0.6 is 0 Å². The Kier molecular flexibility index (Phi) is 3.09. The normalized spacial score (nSPS) is 10.8. The Labute approximate surface area is 103 Å². The monoisotopic (exact) mass is 276 g/mol. The van der Waals surface area contributed by atoms with E-state index in [0.29, 0.717) is 4.68 Å². The van der Waals surface area contributed by atoms with Gasteiger partial charge >= 0.3 is 0 Å². The predicted octanol–water partition coefficient (Wildman–Crippen LogP) is 2.69. The van der Waals surface area contributed by atoms with Gasteiger partial charge in [-0.15, -0.1) is 0 Å². The van der Waals surface area contributed by atoms with E-state index in [2.05, 4.69) is 5.10 Å². The molecule has 0 N–H and O–H groups in total. The van der Waals surface area contributed by atoms with Crippen molar-refractivity contribution in [2.24, 2.45) is 0 Å². The highest BCUT2D eigenvalue weighted by Gasteiger charge is 2.28. The van der Waals surface area contributed by atoms with Gasteiger partial charge in [0, 0.05) is 0 Å². The molecule has 0 saturated heterocycles. The number of aromatic nitrogens is 2. The molecule has 2 aromatic rings. The van der Waals surface area contributed by atoms with Gasteiger partial charge in [0.1, 0.15) is 11.4 Å². The number of rotatable bonds is 2. The fourth-order valence-electron chi connectivity index (χ4n) is 1.56. The van der Waals surface area contributed by atoms with Gasteiger partial charge in [0.25, 0.3) is 0 Å². The number of nitrogens with zero attached hydrogens (tertiary/aromatic N) is 2. The maximum Gasteiger partial charge on any atom is 0.200 e. The number of halogens is 5. The molecule has 3 nitrogen and oxygen atoms in total. The third kappa shape index (κ3) is 1.88. The summed E-state index contributed by atoms with van der Waals surface area (Å²) in [6.07, 6.45) is 0.193. The van der Waals surface area contributed by atoms with Crippen molar-refractivity contribution in [2.75, 3.05) is 0 Å². The van der Waals surface area contributed by atoms with Crippen LogP contribution in [0.3, 0.4) is 0 Å². The summed E-state index contributed by atoms with van der Waals surface area (Å²) in [4.78, 5) is 10.7. The van der Waals surface area contributed by atoms with E-state index >= 15 is 0 Å². The van der Waals surface area contributed by atoms with Crippen molar-refractivity contribution in [1.82, 2.24) is 9.78 Å². The van der Waals surface area contributed by atoms with E-state index in [-0.39, 0.29) is 17.7 Å². The molecule has 0 radical (unpaired) electrons. The molecule has 0 amide bonds. The Hall–Kier alpha value is -2.25. The van der Waals surface area contributed by atoms with Gasteiger partial charge in [0.15, 0.2) is 29.6 Å². The number of aryl methyl sites for hydroxylation is 1. The quantitative estimate of drug-likeness (QED) is 0.366. The fraction of sp³-hybridized carbons (Fsp3) is 0.0909. The third-order valence-corrected chi connectivity index (χ3v) is 2.38. The van der Waals surface area contributed by atoms with Crippen molar-refractivity contribution in [3.05, 3.63) is 46.5 Å². The van der Waals surface area contributed by atoms with E-state index in [9.17, 15) is 26.7 Å². The van der Waals surface area contributed by atoms with Gasteiger partial charge in [-0.05, 0) is 13.0 Å². The van der Waals surface area contributed by atoms with Crippen LogP contribution in [0.1, 0.15) is 16.2 Å². The number of benzene rings is 1. The Bertz CT molecular complexity index is 651. The Morgan fingerprint density at radius 3 is 1.95 bits per heavy atom. The van der Waals surface area contributed by atoms with Gasteiger partial charge < -0.3 is 0 Å². The van der Waals surface area contributed by atoms with E-state index in [0.717, 1.165) is 6.07 Å². The number of carbonyl (C=O) groups excluding carboxylic acids is 1. The van der Waals surface area contributed by atoms with Crippen molar-refractivity contribution in [3.8, 4) is 5.69 Å². The number of aldehydes is 1. The van der Waals surface area contributed by atoms with E-state index in [1.165, 1.54) is 6.92 Å². The SMILES string of the molecule is Cc1cc(C=O)n(-c2c(F)c(F)c(F)c(F)c2F)n1. The van der Waals surface area contributed by atoms with Crippen LogP contribution in [0, 0.1) is 36.0 Å². The highest BCUT2D eigenvalue weighted by Crippen LogP contribution is 2.26. The van der Waals surface area contributed by atoms with Crippen LogP contribution in [0.25, 0.3) is 5.69 Å². The fourth-order valence-corrected chi connectivity index (χ4v) is 1.56. The molecular formula is C11H5F5N2O. The number of hydrogen-bond donors (Lipinski definition) is 0. The molecule has 0 unspecified atom stereocenters. The van der Waals surface area contributed by atoms with Crippen molar-refractivity contribution < 1.29 is 26.7 Å². The van der Waals surface area contributed by atoms with E-state index in [4.69, 9.17) is 0 Å². The molecule has 0 spiro atoms. The zero-order valence-electron chi connectivity index (χ0n) is 9.35. The molecule has 0 bridgehead atoms. The lowest BCUT2D eigenvalue weighted by Gasteiger charge is -2.09. The van der Waals surface area contributed by atoms with Crippen molar-refractivity contribution in [1.29, 1.82) is 0 Å². The van der Waals surface area contributed by atoms with Crippen LogP contribution in [0.2, 0.25) is 0 Å². The van der Waals surface area contributed by atoms with Gasteiger partial charge in [-0.3, -0.25) is 4.79 Å². The minimum Gasteiger partial charge on any atom is -0.296 e. The molecular weight excluding hydrogens is 271 g/mol. The molecule has 0 aliphatic carbocycles. The molecule has 19 heavy (non-hydrogen) atoms. The largest absolute Gasteiger partial charge is 0.296 e. The summed E-state index contributed by atoms with van der Waals surface area (Å²) < 4.78 is 66.4. The maximum atomic E-state index is 13.5. The second-order valence-corrected chi connectivity index (χ2v) is 3.66. The molecule has 1 heterocycles. The second kappa shape index (κ2) is 4.45. The van der Waals surface area contributed by atoms with Crippen molar-refractivity contribution in [3.63, 3.8) is 0 Å². The summed E-state index contributed by atoms with van der Waals surface area (Å²) >= 11 is 0. The summed E-state index contributed by atoms with van der Waals surface area (Å²) in [6.45, 7) is 1.40. The lowest BCUT2D eigenvalue weighted by Crippen LogP contribution is -2.12.